The summed E-state index contributed by atoms with van der Waals surface area (Å²) in [4.78, 5) is 9.70. The molecule has 1 aromatic heterocycles. The molecule has 0 radical (unpaired) electrons. The minimum absolute atomic E-state index is 0.124. The SMILES string of the molecule is Cc1nc(C2CCCCCC2)nc(C)c1CNC(C)(C)C. The van der Waals surface area contributed by atoms with Crippen molar-refractivity contribution in [2.45, 2.75) is 91.1 Å². The van der Waals surface area contributed by atoms with E-state index in [2.05, 4.69) is 39.9 Å². The molecule has 1 saturated carbocycles. The van der Waals surface area contributed by atoms with Crippen LogP contribution in [0.25, 0.3) is 0 Å². The average molecular weight is 289 g/mol. The van der Waals surface area contributed by atoms with Crippen molar-refractivity contribution in [2.75, 3.05) is 0 Å². The highest BCUT2D eigenvalue weighted by atomic mass is 15.0. The normalized spacial score (nSPS) is 17.8. The minimum atomic E-state index is 0.124. The predicted octanol–water partition coefficient (Wildman–Crippen LogP) is 4.42. The number of hydrogen-bond acceptors (Lipinski definition) is 3. The first-order valence-corrected chi connectivity index (χ1v) is 8.46. The second-order valence-electron chi connectivity index (χ2n) is 7.52. The number of hydrogen-bond donors (Lipinski definition) is 1. The van der Waals surface area contributed by atoms with Crippen molar-refractivity contribution < 1.29 is 0 Å². The molecular formula is C18H31N3. The van der Waals surface area contributed by atoms with Gasteiger partial charge in [-0.2, -0.15) is 0 Å². The Hall–Kier alpha value is -0.960. The quantitative estimate of drug-likeness (QED) is 0.837. The zero-order valence-corrected chi connectivity index (χ0v) is 14.4. The highest BCUT2D eigenvalue weighted by molar-refractivity contribution is 5.25. The Labute approximate surface area is 130 Å². The lowest BCUT2D eigenvalue weighted by molar-refractivity contribution is 0.421. The van der Waals surface area contributed by atoms with Crippen LogP contribution in [0.4, 0.5) is 0 Å². The van der Waals surface area contributed by atoms with Gasteiger partial charge in [0.15, 0.2) is 0 Å². The van der Waals surface area contributed by atoms with Crippen molar-refractivity contribution in [3.63, 3.8) is 0 Å². The van der Waals surface area contributed by atoms with Crippen molar-refractivity contribution in [1.82, 2.24) is 15.3 Å². The summed E-state index contributed by atoms with van der Waals surface area (Å²) >= 11 is 0. The molecule has 3 heteroatoms. The van der Waals surface area contributed by atoms with E-state index in [0.717, 1.165) is 23.8 Å². The van der Waals surface area contributed by atoms with E-state index in [4.69, 9.17) is 9.97 Å². The first-order valence-electron chi connectivity index (χ1n) is 8.46. The van der Waals surface area contributed by atoms with E-state index in [1.165, 1.54) is 44.1 Å². The number of rotatable bonds is 3. The van der Waals surface area contributed by atoms with Gasteiger partial charge >= 0.3 is 0 Å². The van der Waals surface area contributed by atoms with Crippen LogP contribution >= 0.6 is 0 Å². The molecule has 0 saturated heterocycles. The summed E-state index contributed by atoms with van der Waals surface area (Å²) in [7, 11) is 0. The van der Waals surface area contributed by atoms with Gasteiger partial charge in [0.05, 0.1) is 0 Å². The third kappa shape index (κ3) is 4.77. The van der Waals surface area contributed by atoms with E-state index in [-0.39, 0.29) is 5.54 Å². The lowest BCUT2D eigenvalue weighted by Gasteiger charge is -2.22. The molecular weight excluding hydrogens is 258 g/mol. The van der Waals surface area contributed by atoms with E-state index in [1.54, 1.807) is 0 Å². The lowest BCUT2D eigenvalue weighted by atomic mass is 9.98. The predicted molar refractivity (Wildman–Crippen MR) is 88.5 cm³/mol. The monoisotopic (exact) mass is 289 g/mol. The number of aryl methyl sites for hydroxylation is 2. The Bertz CT molecular complexity index is 443. The molecule has 2 rings (SSSR count). The van der Waals surface area contributed by atoms with Gasteiger partial charge in [0.2, 0.25) is 0 Å². The van der Waals surface area contributed by atoms with Gasteiger partial charge in [0.25, 0.3) is 0 Å². The molecule has 0 amide bonds. The van der Waals surface area contributed by atoms with Gasteiger partial charge in [-0.15, -0.1) is 0 Å². The topological polar surface area (TPSA) is 37.8 Å². The first-order chi connectivity index (χ1) is 9.87. The van der Waals surface area contributed by atoms with Crippen molar-refractivity contribution in [2.24, 2.45) is 0 Å². The minimum Gasteiger partial charge on any atom is -0.308 e. The largest absolute Gasteiger partial charge is 0.308 e. The summed E-state index contributed by atoms with van der Waals surface area (Å²) in [6.45, 7) is 11.7. The fourth-order valence-corrected chi connectivity index (χ4v) is 3.09. The third-order valence-corrected chi connectivity index (χ3v) is 4.45. The van der Waals surface area contributed by atoms with E-state index in [0.29, 0.717) is 5.92 Å². The Morgan fingerprint density at radius 3 is 1.95 bits per heavy atom. The summed E-state index contributed by atoms with van der Waals surface area (Å²) < 4.78 is 0. The molecule has 0 atom stereocenters. The molecule has 0 bridgehead atoms. The van der Waals surface area contributed by atoms with Crippen LogP contribution in [0.1, 0.15) is 88.0 Å². The third-order valence-electron chi connectivity index (χ3n) is 4.45. The molecule has 1 heterocycles. The average Bonchev–Trinajstić information content (AvgIpc) is 2.65. The molecule has 3 nitrogen and oxygen atoms in total. The van der Waals surface area contributed by atoms with Crippen molar-refractivity contribution >= 4 is 0 Å². The van der Waals surface area contributed by atoms with Gasteiger partial charge in [-0.05, 0) is 47.5 Å². The van der Waals surface area contributed by atoms with Crippen LogP contribution in [-0.4, -0.2) is 15.5 Å². The highest BCUT2D eigenvalue weighted by Crippen LogP contribution is 2.30. The summed E-state index contributed by atoms with van der Waals surface area (Å²) in [5.41, 5.74) is 3.69. The van der Waals surface area contributed by atoms with Gasteiger partial charge in [-0.1, -0.05) is 25.7 Å². The molecule has 1 N–H and O–H groups in total. The van der Waals surface area contributed by atoms with E-state index < -0.39 is 0 Å². The van der Waals surface area contributed by atoms with E-state index in [9.17, 15) is 0 Å². The van der Waals surface area contributed by atoms with Crippen LogP contribution in [0.5, 0.6) is 0 Å². The second-order valence-corrected chi connectivity index (χ2v) is 7.52. The van der Waals surface area contributed by atoms with Crippen molar-refractivity contribution in [1.29, 1.82) is 0 Å². The maximum Gasteiger partial charge on any atom is 0.131 e. The van der Waals surface area contributed by atoms with Crippen LogP contribution in [0.3, 0.4) is 0 Å². The lowest BCUT2D eigenvalue weighted by Crippen LogP contribution is -2.35. The van der Waals surface area contributed by atoms with Crippen LogP contribution in [-0.2, 0) is 6.54 Å². The molecule has 1 aromatic rings. The second kappa shape index (κ2) is 6.87. The maximum absolute atomic E-state index is 4.85. The molecule has 1 fully saturated rings. The van der Waals surface area contributed by atoms with Crippen LogP contribution in [0.15, 0.2) is 0 Å². The Morgan fingerprint density at radius 2 is 1.48 bits per heavy atom. The van der Waals surface area contributed by atoms with Gasteiger partial charge in [0.1, 0.15) is 5.82 Å². The van der Waals surface area contributed by atoms with Crippen LogP contribution in [0, 0.1) is 13.8 Å². The Balaban J connectivity index is 2.15. The fraction of sp³-hybridized carbons (Fsp3) is 0.778. The Kier molecular flexibility index (Phi) is 5.37. The van der Waals surface area contributed by atoms with Gasteiger partial charge < -0.3 is 5.32 Å². The van der Waals surface area contributed by atoms with Gasteiger partial charge in [0, 0.05) is 35.0 Å². The van der Waals surface area contributed by atoms with Gasteiger partial charge in [-0.25, -0.2) is 9.97 Å². The zero-order valence-electron chi connectivity index (χ0n) is 14.4. The van der Waals surface area contributed by atoms with Crippen LogP contribution in [0.2, 0.25) is 0 Å². The highest BCUT2D eigenvalue weighted by Gasteiger charge is 2.19. The van der Waals surface area contributed by atoms with E-state index >= 15 is 0 Å². The summed E-state index contributed by atoms with van der Waals surface area (Å²) in [6, 6.07) is 0. The van der Waals surface area contributed by atoms with Crippen molar-refractivity contribution in [3.05, 3.63) is 22.8 Å². The summed E-state index contributed by atoms with van der Waals surface area (Å²) in [5, 5.41) is 3.55. The summed E-state index contributed by atoms with van der Waals surface area (Å²) in [5.74, 6) is 1.67. The Morgan fingerprint density at radius 1 is 0.952 bits per heavy atom. The molecule has 0 unspecified atom stereocenters. The maximum atomic E-state index is 4.85. The molecule has 0 spiro atoms. The smallest absolute Gasteiger partial charge is 0.131 e. The van der Waals surface area contributed by atoms with Crippen LogP contribution < -0.4 is 5.32 Å². The molecule has 21 heavy (non-hydrogen) atoms. The first kappa shape index (κ1) is 16.4. The van der Waals surface area contributed by atoms with E-state index in [1.807, 2.05) is 0 Å². The zero-order chi connectivity index (χ0) is 15.5. The summed E-state index contributed by atoms with van der Waals surface area (Å²) in [6.07, 6.45) is 7.94. The molecule has 0 aromatic carbocycles. The number of aromatic nitrogens is 2. The number of nitrogens with zero attached hydrogens (tertiary/aromatic N) is 2. The standard InChI is InChI=1S/C18H31N3/c1-13-16(12-19-18(3,4)5)14(2)21-17(20-13)15-10-8-6-7-9-11-15/h15,19H,6-12H2,1-5H3. The molecule has 0 aliphatic heterocycles. The van der Waals surface area contributed by atoms with Crippen molar-refractivity contribution in [3.8, 4) is 0 Å². The molecule has 118 valence electrons. The number of nitrogens with one attached hydrogen (secondary N) is 1. The molecule has 1 aliphatic rings. The fourth-order valence-electron chi connectivity index (χ4n) is 3.09. The molecule has 1 aliphatic carbocycles. The van der Waals surface area contributed by atoms with Gasteiger partial charge in [-0.3, -0.25) is 0 Å².